The van der Waals surface area contributed by atoms with Gasteiger partial charge in [-0.15, -0.1) is 13.2 Å². The summed E-state index contributed by atoms with van der Waals surface area (Å²) in [6.07, 6.45) is 5.10. The van der Waals surface area contributed by atoms with E-state index in [9.17, 15) is 24.3 Å². The van der Waals surface area contributed by atoms with Crippen LogP contribution in [0.25, 0.3) is 0 Å². The highest BCUT2D eigenvalue weighted by molar-refractivity contribution is 9.09. The lowest BCUT2D eigenvalue weighted by Gasteiger charge is -2.37. The Morgan fingerprint density at radius 1 is 1.24 bits per heavy atom. The summed E-state index contributed by atoms with van der Waals surface area (Å²) in [6, 6.07) is 4.93. The van der Waals surface area contributed by atoms with Gasteiger partial charge >= 0.3 is 5.97 Å². The first-order chi connectivity index (χ1) is 21.5. The maximum absolute atomic E-state index is 14.7. The average Bonchev–Trinajstić information content (AvgIpc) is 3.60. The van der Waals surface area contributed by atoms with Gasteiger partial charge in [0, 0.05) is 36.6 Å². The number of anilines is 1. The molecule has 10 nitrogen and oxygen atoms in total. The Balaban J connectivity index is 1.65. The van der Waals surface area contributed by atoms with Crippen LogP contribution in [-0.4, -0.2) is 88.6 Å². The number of alkyl halides is 1. The number of esters is 1. The minimum absolute atomic E-state index is 0.0412. The number of unbranched alkanes of at least 4 members (excludes halogenated alkanes) is 2. The fraction of sp³-hybridized carbons (Fsp3) is 0.588. The normalized spacial score (nSPS) is 27.2. The maximum Gasteiger partial charge on any atom is 0.312 e. The number of benzene rings is 1. The summed E-state index contributed by atoms with van der Waals surface area (Å²) in [5, 5.41) is 12.1. The van der Waals surface area contributed by atoms with Crippen molar-refractivity contribution in [3.63, 3.8) is 0 Å². The lowest BCUT2D eigenvalue weighted by Crippen LogP contribution is -2.57. The molecular formula is C34H46BrN3O7. The molecule has 1 spiro atoms. The third kappa shape index (κ3) is 7.05. The molecule has 3 saturated heterocycles. The zero-order valence-corrected chi connectivity index (χ0v) is 28.1. The predicted octanol–water partition coefficient (Wildman–Crippen LogP) is 3.75. The van der Waals surface area contributed by atoms with Crippen molar-refractivity contribution in [1.29, 1.82) is 0 Å². The van der Waals surface area contributed by atoms with Gasteiger partial charge in [0.05, 0.1) is 24.5 Å². The zero-order chi connectivity index (χ0) is 32.9. The van der Waals surface area contributed by atoms with Gasteiger partial charge in [0.15, 0.2) is 0 Å². The first kappa shape index (κ1) is 34.8. The molecule has 0 aromatic heterocycles. The van der Waals surface area contributed by atoms with Crippen LogP contribution in [0.2, 0.25) is 0 Å². The van der Waals surface area contributed by atoms with Crippen LogP contribution in [0.1, 0.15) is 56.6 Å². The molecule has 2 bridgehead atoms. The number of aliphatic hydroxyl groups excluding tert-OH is 1. The molecule has 0 saturated carbocycles. The summed E-state index contributed by atoms with van der Waals surface area (Å²) >= 11 is 3.70. The number of nitrogens with one attached hydrogen (secondary N) is 1. The standard InChI is InChI=1S/C34H46BrN3O7/c1-6-8-12-26(40)36-20-23(5)44-33(43)27-28-31(41)38(16-10-9-11-17-39)30(34(28)19-24(35)29(27)45-34)32(42)37(15-7-2)25-18-21(3)13-14-22(25)4/h6-7,13-14,18,23-24,27-30,39H,1-2,8-12,15-17,19-20H2,3-5H3,(H,36,40)/t23-,24?,27-,28+,29-,30-,34+/m1/s1. The smallest absolute Gasteiger partial charge is 0.312 e. The quantitative estimate of drug-likeness (QED) is 0.117. The van der Waals surface area contributed by atoms with E-state index in [0.29, 0.717) is 38.5 Å². The molecule has 1 aromatic rings. The van der Waals surface area contributed by atoms with Crippen LogP contribution in [0.15, 0.2) is 43.5 Å². The minimum Gasteiger partial charge on any atom is -0.460 e. The molecule has 45 heavy (non-hydrogen) atoms. The lowest BCUT2D eigenvalue weighted by atomic mass is 9.70. The zero-order valence-electron chi connectivity index (χ0n) is 26.5. The Kier molecular flexibility index (Phi) is 11.7. The number of carbonyl (C=O) groups excluding carboxylic acids is 4. The molecule has 11 heteroatoms. The summed E-state index contributed by atoms with van der Waals surface area (Å²) < 4.78 is 12.4. The Hall–Kier alpha value is -3.02. The number of rotatable bonds is 16. The second-order valence-corrected chi connectivity index (χ2v) is 13.6. The van der Waals surface area contributed by atoms with Crippen LogP contribution in [0.3, 0.4) is 0 Å². The lowest BCUT2D eigenvalue weighted by molar-refractivity contribution is -0.159. The summed E-state index contributed by atoms with van der Waals surface area (Å²) in [4.78, 5) is 57.9. The number of likely N-dealkylation sites (tertiary alicyclic amines) is 1. The van der Waals surface area contributed by atoms with E-state index in [0.717, 1.165) is 16.8 Å². The molecule has 1 unspecified atom stereocenters. The topological polar surface area (TPSA) is 125 Å². The third-order valence-corrected chi connectivity index (χ3v) is 9.91. The molecule has 4 rings (SSSR count). The highest BCUT2D eigenvalue weighted by Gasteiger charge is 2.77. The molecule has 3 aliphatic rings. The van der Waals surface area contributed by atoms with E-state index >= 15 is 0 Å². The first-order valence-corrected chi connectivity index (χ1v) is 16.7. The number of halogens is 1. The van der Waals surface area contributed by atoms with E-state index in [1.165, 1.54) is 0 Å². The summed E-state index contributed by atoms with van der Waals surface area (Å²) in [5.41, 5.74) is 1.40. The van der Waals surface area contributed by atoms with E-state index in [2.05, 4.69) is 34.4 Å². The van der Waals surface area contributed by atoms with Crippen LogP contribution in [-0.2, 0) is 28.7 Å². The number of aryl methyl sites for hydroxylation is 2. The van der Waals surface area contributed by atoms with Crippen LogP contribution in [0.5, 0.6) is 0 Å². The van der Waals surface area contributed by atoms with Gasteiger partial charge in [-0.1, -0.05) is 40.2 Å². The van der Waals surface area contributed by atoms with Gasteiger partial charge in [0.1, 0.15) is 17.7 Å². The van der Waals surface area contributed by atoms with Gasteiger partial charge in [-0.2, -0.15) is 0 Å². The molecule has 2 N–H and O–H groups in total. The molecule has 1 aromatic carbocycles. The third-order valence-electron chi connectivity index (χ3n) is 9.07. The first-order valence-electron chi connectivity index (χ1n) is 15.8. The summed E-state index contributed by atoms with van der Waals surface area (Å²) in [7, 11) is 0. The Bertz CT molecular complexity index is 1300. The molecule has 3 fully saturated rings. The highest BCUT2D eigenvalue weighted by Crippen LogP contribution is 2.60. The Labute approximate surface area is 274 Å². The molecule has 3 amide bonds. The van der Waals surface area contributed by atoms with Gasteiger partial charge in [-0.25, -0.2) is 0 Å². The van der Waals surface area contributed by atoms with Gasteiger partial charge in [-0.3, -0.25) is 19.2 Å². The van der Waals surface area contributed by atoms with E-state index in [4.69, 9.17) is 9.47 Å². The van der Waals surface area contributed by atoms with Crippen LogP contribution >= 0.6 is 15.9 Å². The second-order valence-electron chi connectivity index (χ2n) is 12.4. The van der Waals surface area contributed by atoms with Crippen LogP contribution in [0.4, 0.5) is 5.69 Å². The van der Waals surface area contributed by atoms with Crippen molar-refractivity contribution in [2.24, 2.45) is 11.8 Å². The van der Waals surface area contributed by atoms with Crippen molar-refractivity contribution >= 4 is 45.3 Å². The van der Waals surface area contributed by atoms with E-state index in [1.54, 1.807) is 28.9 Å². The van der Waals surface area contributed by atoms with Crippen LogP contribution in [0, 0.1) is 25.7 Å². The van der Waals surface area contributed by atoms with Crippen molar-refractivity contribution in [3.8, 4) is 0 Å². The number of fused-ring (bicyclic) bond motifs is 1. The Morgan fingerprint density at radius 3 is 2.69 bits per heavy atom. The van der Waals surface area contributed by atoms with Gasteiger partial charge in [-0.05, 0) is 70.1 Å². The fourth-order valence-corrected chi connectivity index (χ4v) is 7.92. The number of ether oxygens (including phenoxy) is 2. The fourth-order valence-electron chi connectivity index (χ4n) is 6.98. The van der Waals surface area contributed by atoms with Crippen molar-refractivity contribution in [3.05, 3.63) is 54.6 Å². The molecule has 7 atom stereocenters. The predicted molar refractivity (Wildman–Crippen MR) is 175 cm³/mol. The molecule has 3 heterocycles. The van der Waals surface area contributed by atoms with Crippen molar-refractivity contribution in [2.45, 2.75) is 88.0 Å². The largest absolute Gasteiger partial charge is 0.460 e. The van der Waals surface area contributed by atoms with Crippen molar-refractivity contribution in [2.75, 3.05) is 31.1 Å². The number of nitrogens with zero attached hydrogens (tertiary/aromatic N) is 2. The van der Waals surface area contributed by atoms with E-state index < -0.39 is 41.7 Å². The summed E-state index contributed by atoms with van der Waals surface area (Å²) in [5.74, 6) is -3.15. The number of carbonyl (C=O) groups is 4. The number of aliphatic hydroxyl groups is 1. The number of allylic oxidation sites excluding steroid dienone is 1. The molecule has 3 aliphatic heterocycles. The van der Waals surface area contributed by atoms with Crippen LogP contribution < -0.4 is 10.2 Å². The molecule has 246 valence electrons. The number of hydrogen-bond acceptors (Lipinski definition) is 7. The number of hydrogen-bond donors (Lipinski definition) is 2. The summed E-state index contributed by atoms with van der Waals surface area (Å²) in [6.45, 7) is 13.8. The number of amides is 3. The van der Waals surface area contributed by atoms with E-state index in [1.807, 2.05) is 32.0 Å². The highest BCUT2D eigenvalue weighted by atomic mass is 79.9. The molecule has 0 aliphatic carbocycles. The molecular weight excluding hydrogens is 642 g/mol. The molecule has 0 radical (unpaired) electrons. The minimum atomic E-state index is -1.23. The van der Waals surface area contributed by atoms with Gasteiger partial charge in [0.2, 0.25) is 11.8 Å². The van der Waals surface area contributed by atoms with E-state index in [-0.39, 0.29) is 48.8 Å². The second kappa shape index (κ2) is 15.0. The maximum atomic E-state index is 14.7. The Morgan fingerprint density at radius 2 is 2.00 bits per heavy atom. The monoisotopic (exact) mass is 687 g/mol. The SMILES string of the molecule is C=CCCC(=O)NC[C@@H](C)OC(=O)[C@H]1[C@@H]2O[C@@]3(CC2Br)[C@@H]1C(=O)N(CCCCCO)[C@@H]3C(=O)N(CC=C)c1cc(C)ccc1C. The van der Waals surface area contributed by atoms with Gasteiger partial charge < -0.3 is 29.7 Å². The van der Waals surface area contributed by atoms with Crippen molar-refractivity contribution in [1.82, 2.24) is 10.2 Å². The van der Waals surface area contributed by atoms with Crippen molar-refractivity contribution < 1.29 is 33.8 Å². The average molecular weight is 689 g/mol. The van der Waals surface area contributed by atoms with Gasteiger partial charge in [0.25, 0.3) is 5.91 Å².